The summed E-state index contributed by atoms with van der Waals surface area (Å²) in [7, 11) is -3.74. The molecule has 3 rings (SSSR count). The Balaban J connectivity index is 2.06. The van der Waals surface area contributed by atoms with Crippen molar-refractivity contribution < 1.29 is 22.3 Å². The lowest BCUT2D eigenvalue weighted by atomic mass is 9.83. The first-order valence-electron chi connectivity index (χ1n) is 6.80. The molecule has 0 amide bonds. The van der Waals surface area contributed by atoms with E-state index in [0.29, 0.717) is 30.4 Å². The van der Waals surface area contributed by atoms with Gasteiger partial charge in [0.25, 0.3) is 5.69 Å². The summed E-state index contributed by atoms with van der Waals surface area (Å²) < 4.78 is 28.8. The number of rotatable bonds is 2. The summed E-state index contributed by atoms with van der Waals surface area (Å²) in [5.74, 6) is -0.831. The van der Waals surface area contributed by atoms with Crippen molar-refractivity contribution in [1.29, 1.82) is 0 Å². The lowest BCUT2D eigenvalue weighted by Gasteiger charge is -2.30. The van der Waals surface area contributed by atoms with Crippen molar-refractivity contribution in [2.45, 2.75) is 25.2 Å². The van der Waals surface area contributed by atoms with Gasteiger partial charge in [0, 0.05) is 36.5 Å². The van der Waals surface area contributed by atoms with Crippen molar-refractivity contribution >= 4 is 21.6 Å². The van der Waals surface area contributed by atoms with Crippen LogP contribution < -0.4 is 0 Å². The number of nitro benzene ring substituents is 1. The van der Waals surface area contributed by atoms with Crippen LogP contribution in [0.1, 0.15) is 30.7 Å². The van der Waals surface area contributed by atoms with Crippen molar-refractivity contribution in [3.05, 3.63) is 51.3 Å². The SMILES string of the molecule is O=C1CCCC2=C1C(c1ccc([N+](=O)[O-])cc1)CS(=O)(=O)O2. The number of hydrogen-bond donors (Lipinski definition) is 0. The average Bonchev–Trinajstić information content (AvgIpc) is 2.45. The van der Waals surface area contributed by atoms with E-state index < -0.39 is 21.0 Å². The van der Waals surface area contributed by atoms with Gasteiger partial charge >= 0.3 is 10.1 Å². The predicted molar refractivity (Wildman–Crippen MR) is 76.6 cm³/mol. The first kappa shape index (κ1) is 14.7. The fourth-order valence-electron chi connectivity index (χ4n) is 2.88. The van der Waals surface area contributed by atoms with Crippen LogP contribution in [0.2, 0.25) is 0 Å². The molecule has 2 aliphatic rings. The third kappa shape index (κ3) is 2.61. The van der Waals surface area contributed by atoms with Crippen molar-refractivity contribution in [3.63, 3.8) is 0 Å². The molecule has 0 N–H and O–H groups in total. The highest BCUT2D eigenvalue weighted by Gasteiger charge is 2.39. The van der Waals surface area contributed by atoms with Crippen LogP contribution >= 0.6 is 0 Å². The Hall–Kier alpha value is -2.22. The van der Waals surface area contributed by atoms with Gasteiger partial charge in [-0.15, -0.1) is 0 Å². The summed E-state index contributed by atoms with van der Waals surface area (Å²) >= 11 is 0. The summed E-state index contributed by atoms with van der Waals surface area (Å²) in [6.45, 7) is 0. The smallest absolute Gasteiger partial charge is 0.309 e. The highest BCUT2D eigenvalue weighted by atomic mass is 32.2. The topological polar surface area (TPSA) is 104 Å². The zero-order valence-corrected chi connectivity index (χ0v) is 12.3. The van der Waals surface area contributed by atoms with E-state index in [1.807, 2.05) is 0 Å². The maximum Gasteiger partial charge on any atom is 0.309 e. The minimum atomic E-state index is -3.74. The fraction of sp³-hybridized carbons (Fsp3) is 0.357. The highest BCUT2D eigenvalue weighted by Crippen LogP contribution is 2.40. The van der Waals surface area contributed by atoms with E-state index in [4.69, 9.17) is 4.18 Å². The summed E-state index contributed by atoms with van der Waals surface area (Å²) in [6, 6.07) is 5.61. The third-order valence-corrected chi connectivity index (χ3v) is 5.06. The third-order valence-electron chi connectivity index (χ3n) is 3.86. The number of allylic oxidation sites excluding steroid dienone is 2. The number of carbonyl (C=O) groups is 1. The largest absolute Gasteiger partial charge is 0.386 e. The first-order chi connectivity index (χ1) is 10.4. The van der Waals surface area contributed by atoms with E-state index in [1.54, 1.807) is 0 Å². The van der Waals surface area contributed by atoms with Gasteiger partial charge in [0.05, 0.1) is 10.7 Å². The maximum absolute atomic E-state index is 12.2. The Morgan fingerprint density at radius 3 is 2.50 bits per heavy atom. The molecule has 1 aromatic rings. The van der Waals surface area contributed by atoms with E-state index in [9.17, 15) is 23.3 Å². The number of carbonyl (C=O) groups excluding carboxylic acids is 1. The van der Waals surface area contributed by atoms with Crippen molar-refractivity contribution in [2.24, 2.45) is 0 Å². The molecule has 0 aromatic heterocycles. The molecule has 22 heavy (non-hydrogen) atoms. The number of ketones is 1. The Kier molecular flexibility index (Phi) is 3.48. The van der Waals surface area contributed by atoms with Crippen LogP contribution in [0.5, 0.6) is 0 Å². The minimum absolute atomic E-state index is 0.0807. The van der Waals surface area contributed by atoms with Gasteiger partial charge in [0.2, 0.25) is 0 Å². The molecule has 116 valence electrons. The van der Waals surface area contributed by atoms with Gasteiger partial charge in [-0.05, 0) is 12.0 Å². The molecule has 0 saturated heterocycles. The number of benzene rings is 1. The summed E-state index contributed by atoms with van der Waals surface area (Å²) in [6.07, 6.45) is 1.36. The average molecular weight is 323 g/mol. The molecule has 0 saturated carbocycles. The van der Waals surface area contributed by atoms with E-state index in [0.717, 1.165) is 0 Å². The number of hydrogen-bond acceptors (Lipinski definition) is 6. The van der Waals surface area contributed by atoms with Crippen LogP contribution in [0, 0.1) is 10.1 Å². The molecule has 8 heteroatoms. The zero-order chi connectivity index (χ0) is 15.9. The second kappa shape index (κ2) is 5.20. The van der Waals surface area contributed by atoms with E-state index in [-0.39, 0.29) is 23.0 Å². The fourth-order valence-corrected chi connectivity index (χ4v) is 4.19. The van der Waals surface area contributed by atoms with Gasteiger partial charge in [0.15, 0.2) is 5.78 Å². The molecule has 1 aliphatic carbocycles. The van der Waals surface area contributed by atoms with Crippen LogP contribution in [-0.2, 0) is 19.1 Å². The maximum atomic E-state index is 12.2. The Morgan fingerprint density at radius 1 is 1.18 bits per heavy atom. The minimum Gasteiger partial charge on any atom is -0.386 e. The van der Waals surface area contributed by atoms with Gasteiger partial charge in [-0.1, -0.05) is 12.1 Å². The lowest BCUT2D eigenvalue weighted by molar-refractivity contribution is -0.384. The van der Waals surface area contributed by atoms with Gasteiger partial charge in [0.1, 0.15) is 5.76 Å². The molecular weight excluding hydrogens is 310 g/mol. The normalized spacial score (nSPS) is 23.6. The standard InChI is InChI=1S/C14H13NO6S/c16-12-2-1-3-13-14(12)11(8-22(19,20)21-13)9-4-6-10(7-5-9)15(17)18/h4-7,11H,1-3,8H2. The Morgan fingerprint density at radius 2 is 1.86 bits per heavy atom. The molecule has 0 spiro atoms. The molecule has 1 unspecified atom stereocenters. The second-order valence-electron chi connectivity index (χ2n) is 5.32. The van der Waals surface area contributed by atoms with Gasteiger partial charge in [-0.3, -0.25) is 14.9 Å². The summed E-state index contributed by atoms with van der Waals surface area (Å²) in [5.41, 5.74) is 0.887. The molecule has 1 atom stereocenters. The summed E-state index contributed by atoms with van der Waals surface area (Å²) in [4.78, 5) is 22.3. The molecule has 1 aliphatic heterocycles. The molecule has 0 fully saturated rings. The van der Waals surface area contributed by atoms with Gasteiger partial charge in [-0.25, -0.2) is 0 Å². The molecule has 7 nitrogen and oxygen atoms in total. The monoisotopic (exact) mass is 323 g/mol. The number of non-ortho nitro benzene ring substituents is 1. The summed E-state index contributed by atoms with van der Waals surface area (Å²) in [5, 5.41) is 10.7. The van der Waals surface area contributed by atoms with E-state index in [1.165, 1.54) is 24.3 Å². The second-order valence-corrected chi connectivity index (χ2v) is 6.94. The van der Waals surface area contributed by atoms with Gasteiger partial charge in [-0.2, -0.15) is 8.42 Å². The van der Waals surface area contributed by atoms with Crippen LogP contribution in [0.3, 0.4) is 0 Å². The van der Waals surface area contributed by atoms with Crippen LogP contribution in [0.15, 0.2) is 35.6 Å². The Labute approximate surface area is 126 Å². The molecule has 0 bridgehead atoms. The first-order valence-corrected chi connectivity index (χ1v) is 8.38. The van der Waals surface area contributed by atoms with Crippen LogP contribution in [-0.4, -0.2) is 24.9 Å². The highest BCUT2D eigenvalue weighted by molar-refractivity contribution is 7.86. The molecule has 1 aromatic carbocycles. The van der Waals surface area contributed by atoms with Crippen molar-refractivity contribution in [2.75, 3.05) is 5.75 Å². The van der Waals surface area contributed by atoms with E-state index in [2.05, 4.69) is 0 Å². The van der Waals surface area contributed by atoms with Crippen LogP contribution in [0.25, 0.3) is 0 Å². The number of nitrogens with zero attached hydrogens (tertiary/aromatic N) is 1. The zero-order valence-electron chi connectivity index (χ0n) is 11.5. The predicted octanol–water partition coefficient (Wildman–Crippen LogP) is 2.05. The van der Waals surface area contributed by atoms with E-state index >= 15 is 0 Å². The van der Waals surface area contributed by atoms with Crippen LogP contribution in [0.4, 0.5) is 5.69 Å². The quantitative estimate of drug-likeness (QED) is 0.469. The van der Waals surface area contributed by atoms with Crippen molar-refractivity contribution in [1.82, 2.24) is 0 Å². The molecular formula is C14H13NO6S. The molecule has 0 radical (unpaired) electrons. The Bertz CT molecular complexity index is 778. The van der Waals surface area contributed by atoms with Crippen molar-refractivity contribution in [3.8, 4) is 0 Å². The van der Waals surface area contributed by atoms with Gasteiger partial charge < -0.3 is 4.18 Å². The number of nitro groups is 1. The lowest BCUT2D eigenvalue weighted by Crippen LogP contribution is -2.31. The molecule has 1 heterocycles. The number of Topliss-reactive ketones (excluding diaryl/α,β-unsaturated/α-hetero) is 1.